The Balaban J connectivity index is 2.03. The van der Waals surface area contributed by atoms with Gasteiger partial charge in [-0.3, -0.25) is 14.7 Å². The van der Waals surface area contributed by atoms with E-state index < -0.39 is 24.0 Å². The summed E-state index contributed by atoms with van der Waals surface area (Å²) in [4.78, 5) is 24.2. The summed E-state index contributed by atoms with van der Waals surface area (Å²) in [6.07, 6.45) is -1.15. The number of carbonyl (C=O) groups excluding carboxylic acids is 2. The van der Waals surface area contributed by atoms with Gasteiger partial charge in [0.25, 0.3) is 0 Å². The number of H-pyrrole nitrogens is 1. The second-order valence-corrected chi connectivity index (χ2v) is 7.57. The number of nitrogens with one attached hydrogen (secondary N) is 3. The number of rotatable bonds is 7. The first-order chi connectivity index (χ1) is 12.6. The van der Waals surface area contributed by atoms with E-state index in [-0.39, 0.29) is 11.3 Å². The van der Waals surface area contributed by atoms with E-state index in [0.717, 1.165) is 11.3 Å². The lowest BCUT2D eigenvalue weighted by atomic mass is 9.82. The maximum atomic E-state index is 12.3. The topological polar surface area (TPSA) is 107 Å². The van der Waals surface area contributed by atoms with Crippen LogP contribution in [0.5, 0.6) is 0 Å². The maximum absolute atomic E-state index is 12.3. The summed E-state index contributed by atoms with van der Waals surface area (Å²) >= 11 is 0. The molecule has 0 fully saturated rings. The number of carbonyl (C=O) groups is 2. The van der Waals surface area contributed by atoms with Gasteiger partial charge >= 0.3 is 0 Å². The number of aromatic amines is 1. The standard InChI is InChI=1S/C20H28N4O3/c1-12(2)17(25)19(27)21-13(3)18(26)22-16-11-15(23-24-16)20(4,5)14-9-7-6-8-10-14/h6-13,17,25H,1-5H3,(H,21,27)(H2,22,23,24,26)/t13?,17-/m0/s1. The number of aromatic nitrogens is 2. The van der Waals surface area contributed by atoms with Gasteiger partial charge in [-0.1, -0.05) is 58.0 Å². The van der Waals surface area contributed by atoms with Crippen molar-refractivity contribution in [1.82, 2.24) is 15.5 Å². The third kappa shape index (κ3) is 4.95. The predicted molar refractivity (Wildman–Crippen MR) is 104 cm³/mol. The molecule has 0 aliphatic rings. The van der Waals surface area contributed by atoms with Crippen molar-refractivity contribution in [3.63, 3.8) is 0 Å². The molecule has 27 heavy (non-hydrogen) atoms. The normalized spacial score (nSPS) is 13.9. The Morgan fingerprint density at radius 2 is 1.74 bits per heavy atom. The molecule has 7 nitrogen and oxygen atoms in total. The second kappa shape index (κ2) is 8.35. The highest BCUT2D eigenvalue weighted by Gasteiger charge is 2.27. The van der Waals surface area contributed by atoms with E-state index in [0.29, 0.717) is 5.82 Å². The first-order valence-electron chi connectivity index (χ1n) is 9.03. The third-order valence-electron chi connectivity index (χ3n) is 4.62. The SMILES string of the molecule is CC(NC(=O)[C@@H](O)C(C)C)C(=O)Nc1cc(C(C)(C)c2ccccc2)n[nH]1. The third-order valence-corrected chi connectivity index (χ3v) is 4.62. The van der Waals surface area contributed by atoms with Gasteiger partial charge in [-0.25, -0.2) is 0 Å². The number of anilines is 1. The first-order valence-corrected chi connectivity index (χ1v) is 9.03. The van der Waals surface area contributed by atoms with Crippen LogP contribution in [0.4, 0.5) is 5.82 Å². The minimum absolute atomic E-state index is 0.226. The summed E-state index contributed by atoms with van der Waals surface area (Å²) < 4.78 is 0. The van der Waals surface area contributed by atoms with Crippen molar-refractivity contribution in [3.05, 3.63) is 47.7 Å². The molecular formula is C20H28N4O3. The Kier molecular flexibility index (Phi) is 6.38. The Bertz CT molecular complexity index is 784. The van der Waals surface area contributed by atoms with Gasteiger partial charge in [0, 0.05) is 11.5 Å². The highest BCUT2D eigenvalue weighted by Crippen LogP contribution is 2.30. The van der Waals surface area contributed by atoms with Crippen LogP contribution in [-0.4, -0.2) is 39.3 Å². The summed E-state index contributed by atoms with van der Waals surface area (Å²) in [5.41, 5.74) is 1.57. The molecule has 0 saturated heterocycles. The quantitative estimate of drug-likeness (QED) is 0.597. The molecule has 0 bridgehead atoms. The molecule has 7 heteroatoms. The molecule has 2 aromatic rings. The van der Waals surface area contributed by atoms with E-state index in [1.54, 1.807) is 26.8 Å². The summed E-state index contributed by atoms with van der Waals surface area (Å²) in [5.74, 6) is -0.740. The fraction of sp³-hybridized carbons (Fsp3) is 0.450. The predicted octanol–water partition coefficient (Wildman–Crippen LogP) is 2.20. The van der Waals surface area contributed by atoms with Gasteiger partial charge in [-0.2, -0.15) is 5.10 Å². The Hall–Kier alpha value is -2.67. The van der Waals surface area contributed by atoms with E-state index in [4.69, 9.17) is 0 Å². The van der Waals surface area contributed by atoms with Crippen molar-refractivity contribution < 1.29 is 14.7 Å². The number of benzene rings is 1. The summed E-state index contributed by atoms with van der Waals surface area (Å²) in [6, 6.07) is 11.0. The lowest BCUT2D eigenvalue weighted by Crippen LogP contribution is -2.47. The molecular weight excluding hydrogens is 344 g/mol. The molecule has 2 atom stereocenters. The van der Waals surface area contributed by atoms with Crippen LogP contribution in [-0.2, 0) is 15.0 Å². The van der Waals surface area contributed by atoms with Crippen LogP contribution in [0.1, 0.15) is 45.9 Å². The van der Waals surface area contributed by atoms with Gasteiger partial charge in [0.05, 0.1) is 5.69 Å². The number of aliphatic hydroxyl groups excluding tert-OH is 1. The van der Waals surface area contributed by atoms with Crippen LogP contribution in [0.3, 0.4) is 0 Å². The monoisotopic (exact) mass is 372 g/mol. The fourth-order valence-corrected chi connectivity index (χ4v) is 2.62. The van der Waals surface area contributed by atoms with Gasteiger partial charge in [-0.15, -0.1) is 0 Å². The number of aliphatic hydroxyl groups is 1. The molecule has 1 aromatic carbocycles. The molecule has 0 aliphatic carbocycles. The van der Waals surface area contributed by atoms with Gasteiger partial charge in [-0.05, 0) is 18.4 Å². The highest BCUT2D eigenvalue weighted by molar-refractivity contribution is 5.96. The fourth-order valence-electron chi connectivity index (χ4n) is 2.62. The number of hydrogen-bond acceptors (Lipinski definition) is 4. The summed E-state index contributed by atoms with van der Waals surface area (Å²) in [6.45, 7) is 9.14. The zero-order valence-electron chi connectivity index (χ0n) is 16.4. The lowest BCUT2D eigenvalue weighted by Gasteiger charge is -2.22. The highest BCUT2D eigenvalue weighted by atomic mass is 16.3. The molecule has 1 heterocycles. The van der Waals surface area contributed by atoms with E-state index in [1.165, 1.54) is 0 Å². The molecule has 1 unspecified atom stereocenters. The van der Waals surface area contributed by atoms with Crippen LogP contribution < -0.4 is 10.6 Å². The summed E-state index contributed by atoms with van der Waals surface area (Å²) in [5, 5.41) is 22.1. The number of nitrogens with zero attached hydrogens (tertiary/aromatic N) is 1. The van der Waals surface area contributed by atoms with Gasteiger partial charge in [0.2, 0.25) is 11.8 Å². The minimum Gasteiger partial charge on any atom is -0.383 e. The van der Waals surface area contributed by atoms with Crippen molar-refractivity contribution in [2.24, 2.45) is 5.92 Å². The molecule has 146 valence electrons. The second-order valence-electron chi connectivity index (χ2n) is 7.57. The van der Waals surface area contributed by atoms with Gasteiger partial charge in [0.15, 0.2) is 0 Å². The van der Waals surface area contributed by atoms with Crippen LogP contribution in [0, 0.1) is 5.92 Å². The van der Waals surface area contributed by atoms with Gasteiger partial charge in [0.1, 0.15) is 18.0 Å². The van der Waals surface area contributed by atoms with Crippen molar-refractivity contribution in [2.45, 2.75) is 52.2 Å². The van der Waals surface area contributed by atoms with E-state index >= 15 is 0 Å². The molecule has 0 radical (unpaired) electrons. The number of hydrogen-bond donors (Lipinski definition) is 4. The lowest BCUT2D eigenvalue weighted by molar-refractivity contribution is -0.134. The van der Waals surface area contributed by atoms with E-state index in [1.807, 2.05) is 30.3 Å². The van der Waals surface area contributed by atoms with Gasteiger partial charge < -0.3 is 15.7 Å². The Labute approximate surface area is 159 Å². The zero-order chi connectivity index (χ0) is 20.2. The van der Waals surface area contributed by atoms with Crippen LogP contribution in [0.25, 0.3) is 0 Å². The largest absolute Gasteiger partial charge is 0.383 e. The van der Waals surface area contributed by atoms with E-state index in [9.17, 15) is 14.7 Å². The van der Waals surface area contributed by atoms with Crippen molar-refractivity contribution in [3.8, 4) is 0 Å². The van der Waals surface area contributed by atoms with Crippen molar-refractivity contribution in [2.75, 3.05) is 5.32 Å². The Morgan fingerprint density at radius 3 is 2.33 bits per heavy atom. The zero-order valence-corrected chi connectivity index (χ0v) is 16.4. The average molecular weight is 372 g/mol. The molecule has 0 spiro atoms. The van der Waals surface area contributed by atoms with Crippen LogP contribution in [0.15, 0.2) is 36.4 Å². The number of amides is 2. The van der Waals surface area contributed by atoms with E-state index in [2.05, 4.69) is 34.7 Å². The van der Waals surface area contributed by atoms with Crippen LogP contribution in [0.2, 0.25) is 0 Å². The molecule has 2 amide bonds. The molecule has 2 rings (SSSR count). The Morgan fingerprint density at radius 1 is 1.11 bits per heavy atom. The molecule has 0 aliphatic heterocycles. The van der Waals surface area contributed by atoms with Crippen molar-refractivity contribution >= 4 is 17.6 Å². The molecule has 4 N–H and O–H groups in total. The first kappa shape index (κ1) is 20.6. The summed E-state index contributed by atoms with van der Waals surface area (Å²) in [7, 11) is 0. The molecule has 1 aromatic heterocycles. The molecule has 0 saturated carbocycles. The minimum atomic E-state index is -1.15. The maximum Gasteiger partial charge on any atom is 0.249 e. The van der Waals surface area contributed by atoms with Crippen LogP contribution >= 0.6 is 0 Å². The smallest absolute Gasteiger partial charge is 0.249 e. The average Bonchev–Trinajstić information content (AvgIpc) is 3.10. The van der Waals surface area contributed by atoms with Crippen molar-refractivity contribution in [1.29, 1.82) is 0 Å².